The molecule has 9 nitrogen and oxygen atoms in total. The lowest BCUT2D eigenvalue weighted by Crippen LogP contribution is -2.34. The van der Waals surface area contributed by atoms with Crippen LogP contribution in [0.15, 0.2) is 18.5 Å². The van der Waals surface area contributed by atoms with Crippen LogP contribution in [-0.2, 0) is 11.2 Å². The Morgan fingerprint density at radius 2 is 2.04 bits per heavy atom. The molecule has 0 saturated heterocycles. The van der Waals surface area contributed by atoms with Crippen molar-refractivity contribution in [2.45, 2.75) is 32.1 Å². The van der Waals surface area contributed by atoms with Gasteiger partial charge in [0.15, 0.2) is 0 Å². The fourth-order valence-corrected chi connectivity index (χ4v) is 3.03. The first-order valence-corrected chi connectivity index (χ1v) is 9.29. The molecular weight excluding hydrogens is 360 g/mol. The number of amides is 1. The summed E-state index contributed by atoms with van der Waals surface area (Å²) in [6, 6.07) is 1.97. The van der Waals surface area contributed by atoms with E-state index in [2.05, 4.69) is 25.9 Å². The maximum absolute atomic E-state index is 12.1. The van der Waals surface area contributed by atoms with Gasteiger partial charge in [-0.25, -0.2) is 9.97 Å². The van der Waals surface area contributed by atoms with E-state index in [0.29, 0.717) is 18.2 Å². The zero-order chi connectivity index (χ0) is 19.9. The van der Waals surface area contributed by atoms with Crippen molar-refractivity contribution >= 4 is 23.9 Å². The number of carbonyl (C=O) groups excluding carboxylic acids is 1. The summed E-state index contributed by atoms with van der Waals surface area (Å²) in [6.07, 6.45) is 6.62. The molecule has 1 amide bonds. The van der Waals surface area contributed by atoms with Gasteiger partial charge in [-0.05, 0) is 37.8 Å². The SMILES string of the molecule is Cc1cnccc1NCCNc1nc(C2CC2)nc2c1CCNC2=O.O=CO. The van der Waals surface area contributed by atoms with Crippen LogP contribution in [0.5, 0.6) is 0 Å². The summed E-state index contributed by atoms with van der Waals surface area (Å²) in [7, 11) is 0. The lowest BCUT2D eigenvalue weighted by Gasteiger charge is -2.20. The van der Waals surface area contributed by atoms with E-state index in [-0.39, 0.29) is 12.4 Å². The van der Waals surface area contributed by atoms with Crippen molar-refractivity contribution in [1.82, 2.24) is 20.3 Å². The number of hydrogen-bond acceptors (Lipinski definition) is 7. The number of pyridine rings is 1. The number of hydrogen-bond donors (Lipinski definition) is 4. The minimum absolute atomic E-state index is 0.0841. The molecule has 0 spiro atoms. The van der Waals surface area contributed by atoms with Gasteiger partial charge in [-0.3, -0.25) is 14.6 Å². The first-order chi connectivity index (χ1) is 13.6. The van der Waals surface area contributed by atoms with Gasteiger partial charge in [0.05, 0.1) is 0 Å². The van der Waals surface area contributed by atoms with E-state index in [4.69, 9.17) is 14.9 Å². The molecule has 1 aliphatic carbocycles. The molecule has 4 N–H and O–H groups in total. The van der Waals surface area contributed by atoms with Crippen LogP contribution >= 0.6 is 0 Å². The molecule has 0 radical (unpaired) electrons. The molecule has 2 aliphatic rings. The maximum Gasteiger partial charge on any atom is 0.290 e. The van der Waals surface area contributed by atoms with E-state index in [0.717, 1.165) is 60.8 Å². The third kappa shape index (κ3) is 4.73. The van der Waals surface area contributed by atoms with Crippen LogP contribution in [0.2, 0.25) is 0 Å². The lowest BCUT2D eigenvalue weighted by molar-refractivity contribution is -0.122. The highest BCUT2D eigenvalue weighted by Gasteiger charge is 2.31. The summed E-state index contributed by atoms with van der Waals surface area (Å²) >= 11 is 0. The average Bonchev–Trinajstić information content (AvgIpc) is 3.53. The second kappa shape index (κ2) is 9.12. The van der Waals surface area contributed by atoms with E-state index in [1.165, 1.54) is 0 Å². The summed E-state index contributed by atoms with van der Waals surface area (Å²) < 4.78 is 0. The number of fused-ring (bicyclic) bond motifs is 1. The zero-order valence-corrected chi connectivity index (χ0v) is 15.7. The fraction of sp³-hybridized carbons (Fsp3) is 0.421. The van der Waals surface area contributed by atoms with Crippen molar-refractivity contribution in [2.24, 2.45) is 0 Å². The topological polar surface area (TPSA) is 129 Å². The monoisotopic (exact) mass is 384 g/mol. The largest absolute Gasteiger partial charge is 0.483 e. The predicted molar refractivity (Wildman–Crippen MR) is 105 cm³/mol. The van der Waals surface area contributed by atoms with E-state index < -0.39 is 0 Å². The number of nitrogens with one attached hydrogen (secondary N) is 3. The lowest BCUT2D eigenvalue weighted by atomic mass is 10.1. The Labute approximate surface area is 163 Å². The number of aromatic nitrogens is 3. The summed E-state index contributed by atoms with van der Waals surface area (Å²) in [4.78, 5) is 33.8. The van der Waals surface area contributed by atoms with Gasteiger partial charge in [-0.1, -0.05) is 0 Å². The first kappa shape index (κ1) is 19.5. The number of anilines is 2. The third-order valence-electron chi connectivity index (χ3n) is 4.60. The van der Waals surface area contributed by atoms with E-state index in [1.807, 2.05) is 19.2 Å². The van der Waals surface area contributed by atoms with Gasteiger partial charge in [0.1, 0.15) is 17.3 Å². The Morgan fingerprint density at radius 3 is 2.75 bits per heavy atom. The number of nitrogens with zero attached hydrogens (tertiary/aromatic N) is 3. The van der Waals surface area contributed by atoms with Crippen LogP contribution in [0.4, 0.5) is 11.5 Å². The molecule has 0 bridgehead atoms. The highest BCUT2D eigenvalue weighted by atomic mass is 16.3. The van der Waals surface area contributed by atoms with Gasteiger partial charge < -0.3 is 21.1 Å². The third-order valence-corrected chi connectivity index (χ3v) is 4.60. The molecule has 4 rings (SSSR count). The van der Waals surface area contributed by atoms with Crippen molar-refractivity contribution in [1.29, 1.82) is 0 Å². The van der Waals surface area contributed by atoms with Crippen LogP contribution in [0.3, 0.4) is 0 Å². The summed E-state index contributed by atoms with van der Waals surface area (Å²) in [5, 5.41) is 16.6. The molecule has 2 aromatic rings. The molecule has 9 heteroatoms. The summed E-state index contributed by atoms with van der Waals surface area (Å²) in [5.41, 5.74) is 3.69. The van der Waals surface area contributed by atoms with Crippen LogP contribution in [0.25, 0.3) is 0 Å². The Bertz CT molecular complexity index is 854. The molecule has 1 aliphatic heterocycles. The zero-order valence-electron chi connectivity index (χ0n) is 15.7. The average molecular weight is 384 g/mol. The van der Waals surface area contributed by atoms with Gasteiger partial charge in [-0.15, -0.1) is 0 Å². The Kier molecular flexibility index (Phi) is 6.36. The van der Waals surface area contributed by atoms with Crippen LogP contribution in [-0.4, -0.2) is 52.1 Å². The summed E-state index contributed by atoms with van der Waals surface area (Å²) in [6.45, 7) is 3.90. The number of carboxylic acid groups (broad SMARTS) is 1. The van der Waals surface area contributed by atoms with E-state index in [1.54, 1.807) is 6.20 Å². The Morgan fingerprint density at radius 1 is 1.29 bits per heavy atom. The van der Waals surface area contributed by atoms with Gasteiger partial charge in [0.25, 0.3) is 12.4 Å². The van der Waals surface area contributed by atoms with Gasteiger partial charge in [0.2, 0.25) is 0 Å². The van der Waals surface area contributed by atoms with E-state index >= 15 is 0 Å². The quantitative estimate of drug-likeness (QED) is 0.436. The smallest absolute Gasteiger partial charge is 0.290 e. The minimum atomic E-state index is -0.250. The van der Waals surface area contributed by atoms with E-state index in [9.17, 15) is 4.79 Å². The van der Waals surface area contributed by atoms with Crippen molar-refractivity contribution in [3.8, 4) is 0 Å². The molecule has 3 heterocycles. The molecule has 2 aromatic heterocycles. The van der Waals surface area contributed by atoms with Crippen molar-refractivity contribution < 1.29 is 14.7 Å². The Balaban J connectivity index is 0.000000706. The van der Waals surface area contributed by atoms with Gasteiger partial charge in [-0.2, -0.15) is 0 Å². The molecule has 1 fully saturated rings. The number of aryl methyl sites for hydroxylation is 1. The standard InChI is InChI=1S/C18H22N6O.CH2O2/c1-11-10-19-6-5-14(11)20-8-9-21-17-13-4-7-22-18(25)15(13)23-16(24-17)12-2-3-12;2-1-3/h5-6,10,12H,2-4,7-9H2,1H3,(H,19,20)(H,22,25)(H,21,23,24);1H,(H,2,3). The molecule has 148 valence electrons. The highest BCUT2D eigenvalue weighted by molar-refractivity contribution is 5.96. The van der Waals surface area contributed by atoms with Crippen molar-refractivity contribution in [2.75, 3.05) is 30.3 Å². The van der Waals surface area contributed by atoms with Crippen molar-refractivity contribution in [3.63, 3.8) is 0 Å². The minimum Gasteiger partial charge on any atom is -0.483 e. The molecule has 1 saturated carbocycles. The maximum atomic E-state index is 12.1. The van der Waals surface area contributed by atoms with Gasteiger partial charge in [0, 0.05) is 49.2 Å². The molecule has 0 atom stereocenters. The van der Waals surface area contributed by atoms with Gasteiger partial charge >= 0.3 is 0 Å². The van der Waals surface area contributed by atoms with Crippen molar-refractivity contribution in [3.05, 3.63) is 41.1 Å². The molecule has 0 unspecified atom stereocenters. The highest BCUT2D eigenvalue weighted by Crippen LogP contribution is 2.39. The molecular formula is C19H24N6O3. The second-order valence-electron chi connectivity index (χ2n) is 6.69. The Hall–Kier alpha value is -3.23. The van der Waals surface area contributed by atoms with Crippen LogP contribution < -0.4 is 16.0 Å². The normalized spacial score (nSPS) is 14.8. The van der Waals surface area contributed by atoms with Crippen LogP contribution in [0.1, 0.15) is 46.2 Å². The number of carbonyl (C=O) groups is 2. The molecule has 28 heavy (non-hydrogen) atoms. The first-order valence-electron chi connectivity index (χ1n) is 9.29. The second-order valence-corrected chi connectivity index (χ2v) is 6.69. The summed E-state index contributed by atoms with van der Waals surface area (Å²) in [5.74, 6) is 1.95. The predicted octanol–water partition coefficient (Wildman–Crippen LogP) is 1.57. The molecule has 0 aromatic carbocycles. The van der Waals surface area contributed by atoms with Crippen LogP contribution in [0, 0.1) is 6.92 Å². The fourth-order valence-electron chi connectivity index (χ4n) is 3.03. The number of rotatable bonds is 6.